The number of rotatable bonds is 3. The first-order valence-corrected chi connectivity index (χ1v) is 8.29. The van der Waals surface area contributed by atoms with Gasteiger partial charge in [-0.15, -0.1) is 11.3 Å². The van der Waals surface area contributed by atoms with E-state index in [0.717, 1.165) is 22.4 Å². The highest BCUT2D eigenvalue weighted by atomic mass is 32.1. The predicted molar refractivity (Wildman–Crippen MR) is 94.7 cm³/mol. The topological polar surface area (TPSA) is 74.6 Å². The number of thiazole rings is 1. The highest BCUT2D eigenvalue weighted by Crippen LogP contribution is 2.27. The number of nitrogens with zero attached hydrogens (tertiary/aromatic N) is 2. The molecule has 5 nitrogen and oxygen atoms in total. The molecule has 0 saturated heterocycles. The molecule has 0 fully saturated rings. The zero-order chi connectivity index (χ0) is 16.5. The van der Waals surface area contributed by atoms with E-state index in [1.807, 2.05) is 35.7 Å². The van der Waals surface area contributed by atoms with Crippen molar-refractivity contribution < 1.29 is 9.90 Å². The van der Waals surface area contributed by atoms with Gasteiger partial charge in [-0.05, 0) is 17.7 Å². The second kappa shape index (κ2) is 5.90. The van der Waals surface area contributed by atoms with Crippen molar-refractivity contribution in [2.45, 2.75) is 6.42 Å². The zero-order valence-electron chi connectivity index (χ0n) is 12.6. The zero-order valence-corrected chi connectivity index (χ0v) is 13.4. The van der Waals surface area contributed by atoms with Crippen LogP contribution in [0.1, 0.15) is 15.9 Å². The third-order valence-electron chi connectivity index (χ3n) is 3.81. The Labute approximate surface area is 142 Å². The number of hydrazone groups is 1. The number of aromatic hydroxyl groups is 1. The molecule has 6 heteroatoms. The average molecular weight is 335 g/mol. The molecule has 0 radical (unpaired) electrons. The molecule has 2 N–H and O–H groups in total. The van der Waals surface area contributed by atoms with Gasteiger partial charge in [0.25, 0.3) is 0 Å². The van der Waals surface area contributed by atoms with Gasteiger partial charge in [-0.2, -0.15) is 5.10 Å². The Morgan fingerprint density at radius 2 is 2.04 bits per heavy atom. The standard InChI is InChI=1S/C18H13N3O2S/c22-13-6-3-5-12(8-13)16-10-24-18(19-16)21-20-15-9-11-4-1-2-7-14(11)17(15)23/h1-8,10,22H,9H2,(H,19,21)/b20-15+. The van der Waals surface area contributed by atoms with Gasteiger partial charge in [0, 0.05) is 22.9 Å². The van der Waals surface area contributed by atoms with E-state index in [1.165, 1.54) is 11.3 Å². The van der Waals surface area contributed by atoms with Gasteiger partial charge in [0.1, 0.15) is 11.5 Å². The van der Waals surface area contributed by atoms with Gasteiger partial charge >= 0.3 is 0 Å². The average Bonchev–Trinajstić information content (AvgIpc) is 3.19. The molecule has 0 unspecified atom stereocenters. The molecular formula is C18H13N3O2S. The summed E-state index contributed by atoms with van der Waals surface area (Å²) in [5.41, 5.74) is 6.66. The quantitative estimate of drug-likeness (QED) is 0.715. The Morgan fingerprint density at radius 1 is 1.17 bits per heavy atom. The van der Waals surface area contributed by atoms with E-state index in [-0.39, 0.29) is 11.5 Å². The number of Topliss-reactive ketones (excluding diaryl/α,β-unsaturated/α-hetero) is 1. The van der Waals surface area contributed by atoms with Crippen LogP contribution in [0, 0.1) is 0 Å². The maximum atomic E-state index is 12.3. The van der Waals surface area contributed by atoms with E-state index in [4.69, 9.17) is 0 Å². The fourth-order valence-electron chi connectivity index (χ4n) is 2.64. The monoisotopic (exact) mass is 335 g/mol. The minimum Gasteiger partial charge on any atom is -0.508 e. The molecule has 1 aliphatic rings. The molecule has 0 atom stereocenters. The van der Waals surface area contributed by atoms with E-state index < -0.39 is 0 Å². The molecule has 0 spiro atoms. The van der Waals surface area contributed by atoms with E-state index in [9.17, 15) is 9.90 Å². The largest absolute Gasteiger partial charge is 0.508 e. The summed E-state index contributed by atoms with van der Waals surface area (Å²) < 4.78 is 0. The van der Waals surface area contributed by atoms with E-state index in [1.54, 1.807) is 18.2 Å². The van der Waals surface area contributed by atoms with E-state index >= 15 is 0 Å². The fraction of sp³-hybridized carbons (Fsp3) is 0.0556. The number of carbonyl (C=O) groups is 1. The van der Waals surface area contributed by atoms with Crippen molar-refractivity contribution in [3.63, 3.8) is 0 Å². The number of anilines is 1. The number of fused-ring (bicyclic) bond motifs is 1. The Kier molecular flexibility index (Phi) is 3.59. The van der Waals surface area contributed by atoms with Crippen LogP contribution < -0.4 is 5.43 Å². The van der Waals surface area contributed by atoms with Crippen LogP contribution >= 0.6 is 11.3 Å². The van der Waals surface area contributed by atoms with Crippen molar-refractivity contribution in [3.05, 3.63) is 65.0 Å². The minimum atomic E-state index is -0.0390. The molecule has 1 heterocycles. The van der Waals surface area contributed by atoms with Crippen LogP contribution in [-0.2, 0) is 6.42 Å². The van der Waals surface area contributed by atoms with Gasteiger partial charge in [-0.1, -0.05) is 36.4 Å². The summed E-state index contributed by atoms with van der Waals surface area (Å²) in [6.45, 7) is 0. The van der Waals surface area contributed by atoms with E-state index in [2.05, 4.69) is 15.5 Å². The summed E-state index contributed by atoms with van der Waals surface area (Å²) in [4.78, 5) is 16.7. The van der Waals surface area contributed by atoms with Crippen LogP contribution in [0.25, 0.3) is 11.3 Å². The number of aromatic nitrogens is 1. The molecular weight excluding hydrogens is 322 g/mol. The van der Waals surface area contributed by atoms with Crippen LogP contribution in [0.5, 0.6) is 5.75 Å². The molecule has 4 rings (SSSR count). The van der Waals surface area contributed by atoms with Gasteiger partial charge in [0.05, 0.1) is 5.69 Å². The van der Waals surface area contributed by atoms with Crippen LogP contribution in [0.15, 0.2) is 59.0 Å². The lowest BCUT2D eigenvalue weighted by Gasteiger charge is -1.98. The highest BCUT2D eigenvalue weighted by molar-refractivity contribution is 7.14. The van der Waals surface area contributed by atoms with Crippen molar-refractivity contribution >= 4 is 28.0 Å². The molecule has 118 valence electrons. The minimum absolute atomic E-state index is 0.0390. The SMILES string of the molecule is O=C1/C(=N/Nc2nc(-c3cccc(O)c3)cs2)Cc2ccccc21. The van der Waals surface area contributed by atoms with Crippen molar-refractivity contribution in [1.29, 1.82) is 0 Å². The summed E-state index contributed by atoms with van der Waals surface area (Å²) in [7, 11) is 0. The molecule has 1 aliphatic carbocycles. The lowest BCUT2D eigenvalue weighted by atomic mass is 10.1. The van der Waals surface area contributed by atoms with Gasteiger partial charge in [-0.3, -0.25) is 10.2 Å². The molecule has 0 aliphatic heterocycles. The van der Waals surface area contributed by atoms with Crippen molar-refractivity contribution in [2.75, 3.05) is 5.43 Å². The summed E-state index contributed by atoms with van der Waals surface area (Å²) in [6, 6.07) is 14.5. The summed E-state index contributed by atoms with van der Waals surface area (Å²) >= 11 is 1.40. The number of benzene rings is 2. The number of hydrogen-bond donors (Lipinski definition) is 2. The second-order valence-corrected chi connectivity index (χ2v) is 6.28. The number of phenolic OH excluding ortho intramolecular Hbond substituents is 1. The normalized spacial score (nSPS) is 14.8. The van der Waals surface area contributed by atoms with Gasteiger partial charge in [0.15, 0.2) is 0 Å². The van der Waals surface area contributed by atoms with Crippen LogP contribution in [0.3, 0.4) is 0 Å². The van der Waals surface area contributed by atoms with Crippen LogP contribution in [0.2, 0.25) is 0 Å². The number of nitrogens with one attached hydrogen (secondary N) is 1. The Bertz CT molecular complexity index is 962. The van der Waals surface area contributed by atoms with Gasteiger partial charge in [0.2, 0.25) is 10.9 Å². The number of phenols is 1. The van der Waals surface area contributed by atoms with Crippen molar-refractivity contribution in [3.8, 4) is 17.0 Å². The molecule has 2 aromatic carbocycles. The maximum absolute atomic E-state index is 12.3. The smallest absolute Gasteiger partial charge is 0.209 e. The third kappa shape index (κ3) is 2.68. The summed E-state index contributed by atoms with van der Waals surface area (Å²) in [5, 5.41) is 16.3. The lowest BCUT2D eigenvalue weighted by molar-refractivity contribution is 0.106. The highest BCUT2D eigenvalue weighted by Gasteiger charge is 2.25. The van der Waals surface area contributed by atoms with Gasteiger partial charge in [-0.25, -0.2) is 4.98 Å². The molecule has 0 amide bonds. The number of ketones is 1. The summed E-state index contributed by atoms with van der Waals surface area (Å²) in [6.07, 6.45) is 0.535. The molecule has 1 aromatic heterocycles. The number of hydrogen-bond acceptors (Lipinski definition) is 6. The first-order valence-electron chi connectivity index (χ1n) is 7.41. The third-order valence-corrected chi connectivity index (χ3v) is 4.56. The summed E-state index contributed by atoms with van der Waals surface area (Å²) in [5.74, 6) is 0.160. The molecule has 24 heavy (non-hydrogen) atoms. The Morgan fingerprint density at radius 3 is 2.88 bits per heavy atom. The maximum Gasteiger partial charge on any atom is 0.209 e. The Balaban J connectivity index is 1.53. The predicted octanol–water partition coefficient (Wildman–Crippen LogP) is 3.72. The van der Waals surface area contributed by atoms with E-state index in [0.29, 0.717) is 17.3 Å². The second-order valence-electron chi connectivity index (χ2n) is 5.42. The fourth-order valence-corrected chi connectivity index (χ4v) is 3.30. The van der Waals surface area contributed by atoms with Crippen molar-refractivity contribution in [1.82, 2.24) is 4.98 Å². The number of carbonyl (C=O) groups excluding carboxylic acids is 1. The van der Waals surface area contributed by atoms with Crippen LogP contribution in [-0.4, -0.2) is 21.6 Å². The molecule has 0 bridgehead atoms. The van der Waals surface area contributed by atoms with Gasteiger partial charge < -0.3 is 5.11 Å². The van der Waals surface area contributed by atoms with Crippen LogP contribution in [0.4, 0.5) is 5.13 Å². The first-order chi connectivity index (χ1) is 11.7. The molecule has 3 aromatic rings. The van der Waals surface area contributed by atoms with Crippen molar-refractivity contribution in [2.24, 2.45) is 5.10 Å². The first kappa shape index (κ1) is 14.6. The molecule has 0 saturated carbocycles. The lowest BCUT2D eigenvalue weighted by Crippen LogP contribution is -2.10. The Hall–Kier alpha value is -2.99.